The molecule has 7 heavy (non-hydrogen) atoms. The largest absolute Gasteiger partial charge is 0.285 e. The van der Waals surface area contributed by atoms with Crippen LogP contribution in [0.4, 0.5) is 0 Å². The highest BCUT2D eigenvalue weighted by Gasteiger charge is 2.06. The summed E-state index contributed by atoms with van der Waals surface area (Å²) in [4.78, 5) is 10.2. The summed E-state index contributed by atoms with van der Waals surface area (Å²) in [6, 6.07) is 0. The second-order valence-electron chi connectivity index (χ2n) is 0.926. The Kier molecular flexibility index (Phi) is 5.09. The van der Waals surface area contributed by atoms with Crippen LogP contribution >= 0.6 is 54.5 Å². The maximum atomic E-state index is 10.2. The van der Waals surface area contributed by atoms with Gasteiger partial charge in [0.15, 0.2) is 0 Å². The summed E-state index contributed by atoms with van der Waals surface area (Å²) in [6.07, 6.45) is 0. The zero-order valence-corrected chi connectivity index (χ0v) is 8.66. The first-order valence-electron chi connectivity index (χ1n) is 1.58. The molecule has 0 aromatic rings. The van der Waals surface area contributed by atoms with Crippen molar-refractivity contribution >= 4 is 59.1 Å². The second-order valence-corrected chi connectivity index (χ2v) is 3.69. The van der Waals surface area contributed by atoms with E-state index in [0.717, 1.165) is 4.43 Å². The van der Waals surface area contributed by atoms with E-state index in [9.17, 15) is 4.79 Å². The molecule has 4 heteroatoms. The molecule has 0 fully saturated rings. The molecule has 0 saturated carbocycles. The molecule has 1 atom stereocenters. The number of hydrogen-bond acceptors (Lipinski definition) is 1. The average molecular weight is 342 g/mol. The van der Waals surface area contributed by atoms with E-state index in [0.29, 0.717) is 0 Å². The van der Waals surface area contributed by atoms with E-state index in [1.165, 1.54) is 0 Å². The van der Waals surface area contributed by atoms with Gasteiger partial charge in [0.05, 0.1) is 4.83 Å². The SMILES string of the molecule is O=C(Br)C(Br)CI. The maximum absolute atomic E-state index is 10.2. The summed E-state index contributed by atoms with van der Waals surface area (Å²) in [6.45, 7) is 0. The molecule has 0 N–H and O–H groups in total. The summed E-state index contributed by atoms with van der Waals surface area (Å²) >= 11 is 8.08. The number of carbonyl (C=O) groups is 1. The zero-order valence-electron chi connectivity index (χ0n) is 3.33. The quantitative estimate of drug-likeness (QED) is 0.427. The van der Waals surface area contributed by atoms with Crippen molar-refractivity contribution in [2.75, 3.05) is 4.43 Å². The standard InChI is InChI=1S/C3H3Br2IO/c4-2(1-6)3(5)7/h2H,1H2. The summed E-state index contributed by atoms with van der Waals surface area (Å²) in [5, 5.41) is 0. The summed E-state index contributed by atoms with van der Waals surface area (Å²) < 4.78 is 0.823. The highest BCUT2D eigenvalue weighted by molar-refractivity contribution is 14.1. The monoisotopic (exact) mass is 340 g/mol. The van der Waals surface area contributed by atoms with Crippen LogP contribution in [0.15, 0.2) is 0 Å². The summed E-state index contributed by atoms with van der Waals surface area (Å²) in [5.41, 5.74) is 0. The van der Waals surface area contributed by atoms with Crippen LogP contribution < -0.4 is 0 Å². The number of alkyl halides is 2. The molecular weight excluding hydrogens is 339 g/mol. The van der Waals surface area contributed by atoms with Gasteiger partial charge in [-0.05, 0) is 15.9 Å². The van der Waals surface area contributed by atoms with Gasteiger partial charge in [0.25, 0.3) is 0 Å². The molecule has 0 aromatic heterocycles. The number of hydrogen-bond donors (Lipinski definition) is 0. The lowest BCUT2D eigenvalue weighted by atomic mass is 10.6. The highest BCUT2D eigenvalue weighted by atomic mass is 127. The Morgan fingerprint density at radius 1 is 1.86 bits per heavy atom. The predicted molar refractivity (Wildman–Crippen MR) is 45.5 cm³/mol. The van der Waals surface area contributed by atoms with E-state index in [1.807, 2.05) is 0 Å². The molecule has 1 nitrogen and oxygen atoms in total. The second kappa shape index (κ2) is 4.26. The van der Waals surface area contributed by atoms with Crippen molar-refractivity contribution in [3.8, 4) is 0 Å². The van der Waals surface area contributed by atoms with Crippen molar-refractivity contribution in [1.29, 1.82) is 0 Å². The van der Waals surface area contributed by atoms with Crippen LogP contribution in [-0.2, 0) is 4.79 Å². The molecule has 0 radical (unpaired) electrons. The molecule has 0 heterocycles. The van der Waals surface area contributed by atoms with Gasteiger partial charge >= 0.3 is 0 Å². The third kappa shape index (κ3) is 3.90. The molecule has 0 aliphatic heterocycles. The smallest absolute Gasteiger partial charge is 0.212 e. The van der Waals surface area contributed by atoms with Crippen LogP contribution in [0, 0.1) is 0 Å². The van der Waals surface area contributed by atoms with Gasteiger partial charge in [-0.2, -0.15) is 0 Å². The normalized spacial score (nSPS) is 13.6. The van der Waals surface area contributed by atoms with Gasteiger partial charge in [0, 0.05) is 4.43 Å². The van der Waals surface area contributed by atoms with Crippen molar-refractivity contribution in [2.45, 2.75) is 4.83 Å². The molecule has 0 aliphatic rings. The van der Waals surface area contributed by atoms with Crippen molar-refractivity contribution in [3.63, 3.8) is 0 Å². The van der Waals surface area contributed by atoms with Crippen molar-refractivity contribution in [1.82, 2.24) is 0 Å². The van der Waals surface area contributed by atoms with Gasteiger partial charge in [-0.1, -0.05) is 38.5 Å². The molecule has 0 rings (SSSR count). The molecule has 0 spiro atoms. The molecule has 0 aliphatic carbocycles. The Morgan fingerprint density at radius 2 is 2.29 bits per heavy atom. The Hall–Kier alpha value is 1.36. The fourth-order valence-corrected chi connectivity index (χ4v) is 1.23. The third-order valence-corrected chi connectivity index (χ3v) is 4.38. The van der Waals surface area contributed by atoms with Crippen LogP contribution in [-0.4, -0.2) is 13.9 Å². The molecule has 0 bridgehead atoms. The summed E-state index contributed by atoms with van der Waals surface area (Å²) in [7, 11) is 0. The lowest BCUT2D eigenvalue weighted by molar-refractivity contribution is -0.109. The van der Waals surface area contributed by atoms with E-state index < -0.39 is 0 Å². The van der Waals surface area contributed by atoms with Crippen molar-refractivity contribution in [2.24, 2.45) is 0 Å². The molecule has 0 saturated heterocycles. The minimum absolute atomic E-state index is 0.0156. The van der Waals surface area contributed by atoms with Gasteiger partial charge in [0.2, 0.25) is 4.69 Å². The van der Waals surface area contributed by atoms with E-state index in [-0.39, 0.29) is 9.52 Å². The number of halogens is 3. The Balaban J connectivity index is 3.34. The highest BCUT2D eigenvalue weighted by Crippen LogP contribution is 2.08. The molecule has 0 amide bonds. The van der Waals surface area contributed by atoms with Gasteiger partial charge < -0.3 is 0 Å². The van der Waals surface area contributed by atoms with Crippen LogP contribution in [0.5, 0.6) is 0 Å². The Bertz CT molecular complexity index is 75.3. The average Bonchev–Trinajstić information content (AvgIpc) is 1.65. The first-order valence-corrected chi connectivity index (χ1v) is 4.81. The van der Waals surface area contributed by atoms with Gasteiger partial charge in [-0.25, -0.2) is 0 Å². The van der Waals surface area contributed by atoms with Crippen molar-refractivity contribution < 1.29 is 4.79 Å². The maximum Gasteiger partial charge on any atom is 0.212 e. The number of rotatable bonds is 2. The molecule has 42 valence electrons. The minimum Gasteiger partial charge on any atom is -0.285 e. The first-order chi connectivity index (χ1) is 3.18. The number of carbonyl (C=O) groups excluding carboxylic acids is 1. The Labute approximate surface area is 72.6 Å². The summed E-state index contributed by atoms with van der Waals surface area (Å²) in [5.74, 6) is 0. The Morgan fingerprint density at radius 3 is 2.29 bits per heavy atom. The fourth-order valence-electron chi connectivity index (χ4n) is 0.0607. The van der Waals surface area contributed by atoms with Crippen LogP contribution in [0.25, 0.3) is 0 Å². The van der Waals surface area contributed by atoms with E-state index in [2.05, 4.69) is 54.5 Å². The molecular formula is C3H3Br2IO. The van der Waals surface area contributed by atoms with E-state index in [1.54, 1.807) is 0 Å². The predicted octanol–water partition coefficient (Wildman–Crippen LogP) is 2.11. The third-order valence-electron chi connectivity index (χ3n) is 0.382. The topological polar surface area (TPSA) is 17.1 Å². The van der Waals surface area contributed by atoms with Crippen LogP contribution in [0.2, 0.25) is 0 Å². The van der Waals surface area contributed by atoms with Crippen molar-refractivity contribution in [3.05, 3.63) is 0 Å². The van der Waals surface area contributed by atoms with E-state index in [4.69, 9.17) is 0 Å². The van der Waals surface area contributed by atoms with E-state index >= 15 is 0 Å². The molecule has 0 aromatic carbocycles. The first kappa shape index (κ1) is 8.36. The minimum atomic E-state index is -0.0203. The van der Waals surface area contributed by atoms with Gasteiger partial charge in [0.1, 0.15) is 0 Å². The molecule has 1 unspecified atom stereocenters. The lowest BCUT2D eigenvalue weighted by Gasteiger charge is -1.92. The van der Waals surface area contributed by atoms with Gasteiger partial charge in [-0.15, -0.1) is 0 Å². The fraction of sp³-hybridized carbons (Fsp3) is 0.667. The lowest BCUT2D eigenvalue weighted by Crippen LogP contribution is -2.06. The van der Waals surface area contributed by atoms with Gasteiger partial charge in [-0.3, -0.25) is 4.79 Å². The zero-order chi connectivity index (χ0) is 5.86. The van der Waals surface area contributed by atoms with Crippen LogP contribution in [0.3, 0.4) is 0 Å². The van der Waals surface area contributed by atoms with Crippen LogP contribution in [0.1, 0.15) is 0 Å².